The summed E-state index contributed by atoms with van der Waals surface area (Å²) in [6.45, 7) is 5.03. The molecule has 92 valence electrons. The van der Waals surface area contributed by atoms with E-state index in [2.05, 4.69) is 11.9 Å². The molecular formula is C13H17NO3. The average Bonchev–Trinajstić information content (AvgIpc) is 2.37. The maximum absolute atomic E-state index is 11.6. The Kier molecular flexibility index (Phi) is 5.82. The molecule has 0 aromatic heterocycles. The van der Waals surface area contributed by atoms with Gasteiger partial charge in [-0.25, -0.2) is 0 Å². The van der Waals surface area contributed by atoms with Crippen LogP contribution >= 0.6 is 0 Å². The zero-order valence-electron chi connectivity index (χ0n) is 9.94. The smallest absolute Gasteiger partial charge is 0.251 e. The van der Waals surface area contributed by atoms with Crippen LogP contribution in [0.1, 0.15) is 10.4 Å². The molecule has 0 fully saturated rings. The van der Waals surface area contributed by atoms with Crippen molar-refractivity contribution in [1.82, 2.24) is 5.32 Å². The molecule has 4 heteroatoms. The van der Waals surface area contributed by atoms with Crippen molar-refractivity contribution in [1.29, 1.82) is 0 Å². The fraction of sp³-hybridized carbons (Fsp3) is 0.308. The largest absolute Gasteiger partial charge is 0.490 e. The van der Waals surface area contributed by atoms with Gasteiger partial charge in [0.25, 0.3) is 5.91 Å². The van der Waals surface area contributed by atoms with E-state index < -0.39 is 0 Å². The molecule has 1 rings (SSSR count). The molecule has 1 amide bonds. The van der Waals surface area contributed by atoms with Crippen LogP contribution in [0, 0.1) is 0 Å². The van der Waals surface area contributed by atoms with E-state index in [-0.39, 0.29) is 5.91 Å². The van der Waals surface area contributed by atoms with E-state index in [4.69, 9.17) is 9.47 Å². The van der Waals surface area contributed by atoms with E-state index in [9.17, 15) is 4.79 Å². The summed E-state index contributed by atoms with van der Waals surface area (Å²) in [5, 5.41) is 2.74. The Bertz CT molecular complexity index is 359. The minimum Gasteiger partial charge on any atom is -0.490 e. The van der Waals surface area contributed by atoms with Crippen LogP contribution < -0.4 is 10.1 Å². The number of hydrogen-bond acceptors (Lipinski definition) is 3. The molecule has 1 aromatic carbocycles. The molecule has 0 spiro atoms. The zero-order chi connectivity index (χ0) is 12.5. The first kappa shape index (κ1) is 13.3. The monoisotopic (exact) mass is 235 g/mol. The quantitative estimate of drug-likeness (QED) is 0.577. The number of ether oxygens (including phenoxy) is 2. The highest BCUT2D eigenvalue weighted by Crippen LogP contribution is 2.11. The summed E-state index contributed by atoms with van der Waals surface area (Å²) in [5.74, 6) is 0.607. The highest BCUT2D eigenvalue weighted by Gasteiger charge is 2.04. The minimum atomic E-state index is -0.114. The molecule has 17 heavy (non-hydrogen) atoms. The lowest BCUT2D eigenvalue weighted by molar-refractivity contribution is 0.0937. The van der Waals surface area contributed by atoms with Crippen LogP contribution in [0.2, 0.25) is 0 Å². The average molecular weight is 235 g/mol. The Morgan fingerprint density at radius 2 is 2.12 bits per heavy atom. The summed E-state index contributed by atoms with van der Waals surface area (Å²) in [6.07, 6.45) is 1.67. The number of methoxy groups -OCH3 is 1. The Labute approximate surface area is 101 Å². The second-order valence-electron chi connectivity index (χ2n) is 3.37. The molecule has 0 radical (unpaired) electrons. The topological polar surface area (TPSA) is 47.6 Å². The van der Waals surface area contributed by atoms with Gasteiger partial charge in [-0.2, -0.15) is 0 Å². The third-order valence-electron chi connectivity index (χ3n) is 2.08. The third-order valence-corrected chi connectivity index (χ3v) is 2.08. The predicted octanol–water partition coefficient (Wildman–Crippen LogP) is 1.63. The third kappa shape index (κ3) is 4.70. The Balaban J connectivity index is 2.48. The summed E-state index contributed by atoms with van der Waals surface area (Å²) in [5.41, 5.74) is 0.604. The van der Waals surface area contributed by atoms with Crippen molar-refractivity contribution in [2.75, 3.05) is 26.9 Å². The maximum atomic E-state index is 11.6. The minimum absolute atomic E-state index is 0.114. The summed E-state index contributed by atoms with van der Waals surface area (Å²) in [4.78, 5) is 11.6. The van der Waals surface area contributed by atoms with Gasteiger partial charge in [-0.05, 0) is 24.3 Å². The Morgan fingerprint density at radius 1 is 1.41 bits per heavy atom. The molecule has 0 aliphatic rings. The number of amides is 1. The van der Waals surface area contributed by atoms with Gasteiger partial charge in [0, 0.05) is 19.2 Å². The molecule has 1 N–H and O–H groups in total. The first-order chi connectivity index (χ1) is 8.27. The van der Waals surface area contributed by atoms with Gasteiger partial charge >= 0.3 is 0 Å². The summed E-state index contributed by atoms with van der Waals surface area (Å²) < 4.78 is 10.2. The number of rotatable bonds is 7. The van der Waals surface area contributed by atoms with Crippen LogP contribution in [-0.2, 0) is 4.74 Å². The van der Waals surface area contributed by atoms with Gasteiger partial charge in [-0.15, -0.1) is 0 Å². The normalized spacial score (nSPS) is 9.71. The van der Waals surface area contributed by atoms with E-state index in [1.54, 1.807) is 37.5 Å². The van der Waals surface area contributed by atoms with Crippen molar-refractivity contribution in [3.8, 4) is 5.75 Å². The van der Waals surface area contributed by atoms with Gasteiger partial charge in [0.05, 0.1) is 6.61 Å². The molecule has 0 atom stereocenters. The number of benzene rings is 1. The second kappa shape index (κ2) is 7.46. The first-order valence-electron chi connectivity index (χ1n) is 5.39. The van der Waals surface area contributed by atoms with Gasteiger partial charge in [0.15, 0.2) is 0 Å². The highest BCUT2D eigenvalue weighted by atomic mass is 16.5. The molecular weight excluding hydrogens is 218 g/mol. The number of carbonyl (C=O) groups excluding carboxylic acids is 1. The standard InChI is InChI=1S/C13H17NO3/c1-3-9-17-12-6-4-11(5-7-12)13(15)14-8-10-16-2/h3-7H,1,8-10H2,2H3,(H,14,15). The molecule has 0 saturated carbocycles. The molecule has 4 nitrogen and oxygen atoms in total. The van der Waals surface area contributed by atoms with Crippen molar-refractivity contribution < 1.29 is 14.3 Å². The molecule has 0 bridgehead atoms. The van der Waals surface area contributed by atoms with Crippen LogP contribution in [0.4, 0.5) is 0 Å². The summed E-state index contributed by atoms with van der Waals surface area (Å²) in [6, 6.07) is 6.96. The van der Waals surface area contributed by atoms with Crippen molar-refractivity contribution in [2.45, 2.75) is 0 Å². The van der Waals surface area contributed by atoms with Crippen LogP contribution in [0.15, 0.2) is 36.9 Å². The van der Waals surface area contributed by atoms with Crippen LogP contribution in [-0.4, -0.2) is 32.8 Å². The second-order valence-corrected chi connectivity index (χ2v) is 3.37. The number of carbonyl (C=O) groups is 1. The predicted molar refractivity (Wildman–Crippen MR) is 66.3 cm³/mol. The lowest BCUT2D eigenvalue weighted by Gasteiger charge is -2.06. The summed E-state index contributed by atoms with van der Waals surface area (Å²) in [7, 11) is 1.60. The summed E-state index contributed by atoms with van der Waals surface area (Å²) >= 11 is 0. The van der Waals surface area contributed by atoms with Gasteiger partial charge < -0.3 is 14.8 Å². The van der Waals surface area contributed by atoms with E-state index in [1.807, 2.05) is 0 Å². The van der Waals surface area contributed by atoms with Gasteiger partial charge in [0.1, 0.15) is 12.4 Å². The van der Waals surface area contributed by atoms with E-state index in [1.165, 1.54) is 0 Å². The Morgan fingerprint density at radius 3 is 2.71 bits per heavy atom. The van der Waals surface area contributed by atoms with E-state index in [0.29, 0.717) is 25.3 Å². The van der Waals surface area contributed by atoms with E-state index >= 15 is 0 Å². The van der Waals surface area contributed by atoms with Crippen LogP contribution in [0.3, 0.4) is 0 Å². The first-order valence-corrected chi connectivity index (χ1v) is 5.39. The van der Waals surface area contributed by atoms with Crippen molar-refractivity contribution in [3.63, 3.8) is 0 Å². The Hall–Kier alpha value is -1.81. The lowest BCUT2D eigenvalue weighted by Crippen LogP contribution is -2.26. The molecule has 0 heterocycles. The van der Waals surface area contributed by atoms with Gasteiger partial charge in [-0.3, -0.25) is 4.79 Å². The SMILES string of the molecule is C=CCOc1ccc(C(=O)NCCOC)cc1. The van der Waals surface area contributed by atoms with Gasteiger partial charge in [0.2, 0.25) is 0 Å². The zero-order valence-corrected chi connectivity index (χ0v) is 9.94. The van der Waals surface area contributed by atoms with E-state index in [0.717, 1.165) is 5.75 Å². The van der Waals surface area contributed by atoms with Crippen LogP contribution in [0.25, 0.3) is 0 Å². The number of nitrogens with one attached hydrogen (secondary N) is 1. The maximum Gasteiger partial charge on any atom is 0.251 e. The highest BCUT2D eigenvalue weighted by molar-refractivity contribution is 5.94. The fourth-order valence-corrected chi connectivity index (χ4v) is 1.23. The van der Waals surface area contributed by atoms with Crippen molar-refractivity contribution >= 4 is 5.91 Å². The van der Waals surface area contributed by atoms with Crippen LogP contribution in [0.5, 0.6) is 5.75 Å². The number of hydrogen-bond donors (Lipinski definition) is 1. The van der Waals surface area contributed by atoms with Crippen molar-refractivity contribution in [3.05, 3.63) is 42.5 Å². The van der Waals surface area contributed by atoms with Gasteiger partial charge in [-0.1, -0.05) is 12.7 Å². The lowest BCUT2D eigenvalue weighted by atomic mass is 10.2. The molecule has 0 aliphatic carbocycles. The fourth-order valence-electron chi connectivity index (χ4n) is 1.23. The molecule has 0 saturated heterocycles. The molecule has 0 unspecified atom stereocenters. The molecule has 1 aromatic rings. The van der Waals surface area contributed by atoms with Crippen molar-refractivity contribution in [2.24, 2.45) is 0 Å². The molecule has 0 aliphatic heterocycles.